The van der Waals surface area contributed by atoms with Crippen LogP contribution in [0.1, 0.15) is 12.8 Å². The highest BCUT2D eigenvalue weighted by atomic mass is 16.6. The van der Waals surface area contributed by atoms with Crippen molar-refractivity contribution in [2.75, 3.05) is 194 Å². The van der Waals surface area contributed by atoms with Gasteiger partial charge in [0, 0.05) is 61.9 Å². The molecule has 0 saturated carbocycles. The van der Waals surface area contributed by atoms with Crippen LogP contribution in [0.15, 0.2) is 0 Å². The van der Waals surface area contributed by atoms with Crippen molar-refractivity contribution in [1.82, 2.24) is 49.4 Å². The van der Waals surface area contributed by atoms with Crippen molar-refractivity contribution in [3.05, 3.63) is 0 Å². The first kappa shape index (κ1) is 91.6. The number of rotatable bonds is 51. The molecule has 1 unspecified atom stereocenters. The van der Waals surface area contributed by atoms with Gasteiger partial charge in [0.25, 0.3) is 0 Å². The molecule has 0 bridgehead atoms. The van der Waals surface area contributed by atoms with Gasteiger partial charge in [-0.15, -0.1) is 0 Å². The Hall–Kier alpha value is -5.40. The van der Waals surface area contributed by atoms with E-state index in [9.17, 15) is 130 Å². The summed E-state index contributed by atoms with van der Waals surface area (Å²) < 4.78 is 15.8. The minimum Gasteiger partial charge on any atom is -0.447 e. The number of nitrogens with zero attached hydrogens (tertiary/aromatic N) is 9. The van der Waals surface area contributed by atoms with Gasteiger partial charge >= 0.3 is 6.09 Å². The molecule has 17 atom stereocenters. The van der Waals surface area contributed by atoms with Gasteiger partial charge in [-0.25, -0.2) is 4.79 Å². The topological polar surface area (TPSA) is 610 Å². The highest BCUT2D eigenvalue weighted by molar-refractivity contribution is 5.93. The summed E-state index contributed by atoms with van der Waals surface area (Å²) >= 11 is 0. The molecule has 8 amide bonds. The maximum absolute atomic E-state index is 14.4. The van der Waals surface area contributed by atoms with Crippen LogP contribution >= 0.6 is 0 Å². The molecule has 568 valence electrons. The van der Waals surface area contributed by atoms with Gasteiger partial charge in [-0.1, -0.05) is 0 Å². The molecule has 0 aliphatic carbocycles. The van der Waals surface area contributed by atoms with E-state index in [0.717, 1.165) is 29.4 Å². The number of ether oxygens (including phenoxy) is 3. The summed E-state index contributed by atoms with van der Waals surface area (Å²) in [6, 6.07) is -1.47. The fourth-order valence-electron chi connectivity index (χ4n) is 8.81. The predicted molar refractivity (Wildman–Crippen MR) is 331 cm³/mol. The average Bonchev–Trinajstić information content (AvgIpc) is 0.909. The first-order valence-corrected chi connectivity index (χ1v) is 30.7. The van der Waals surface area contributed by atoms with Gasteiger partial charge in [-0.2, -0.15) is 0 Å². The Bertz CT molecular complexity index is 2250. The van der Waals surface area contributed by atoms with Crippen LogP contribution in [-0.2, 0) is 47.8 Å². The molecule has 0 radical (unpaired) electrons. The molecule has 0 rings (SSSR count). The molecular formula is C56H108N10O31. The van der Waals surface area contributed by atoms with Crippen molar-refractivity contribution >= 4 is 47.4 Å². The summed E-state index contributed by atoms with van der Waals surface area (Å²) in [4.78, 5) is 116. The van der Waals surface area contributed by atoms with Crippen molar-refractivity contribution in [3.63, 3.8) is 0 Å². The lowest BCUT2D eigenvalue weighted by Gasteiger charge is -2.35. The predicted octanol–water partition coefficient (Wildman–Crippen LogP) is -15.9. The molecule has 0 saturated heterocycles. The van der Waals surface area contributed by atoms with Crippen molar-refractivity contribution in [2.45, 2.75) is 117 Å². The van der Waals surface area contributed by atoms with Crippen molar-refractivity contribution in [1.29, 1.82) is 0 Å². The van der Waals surface area contributed by atoms with Gasteiger partial charge in [0.15, 0.2) is 0 Å². The Labute approximate surface area is 561 Å². The Kier molecular flexibility index (Phi) is 45.0. The third-order valence-corrected chi connectivity index (χ3v) is 15.2. The van der Waals surface area contributed by atoms with Crippen LogP contribution in [0.2, 0.25) is 0 Å². The summed E-state index contributed by atoms with van der Waals surface area (Å²) in [6.45, 7) is -11.4. The number of hydrogen-bond donors (Lipinski definition) is 21. The SMILES string of the molecule is CN(C)CC(=O)N(C)CC(=O)N(C)CC(=O)N(C)C(CCCN(C[C@H](O)[C@@H](O)[C@H](O)[C@H](O)CO)C[C@H](O)[C@@H](O)[C@H](O)[C@H](O)CO)C(=O)N(C)CC(=O)N(C)CC(=O)N(C)CC(=O)NCCOCCOCCOC(=O)N(C[C@H](O)[C@@H](O)[C@H](O)[C@H](O)CO)C[C@H](O)[C@@H](O)[C@H](O)[C@H](O)CO. The molecule has 0 aliphatic heterocycles. The molecule has 0 aromatic heterocycles. The molecular weight excluding hydrogens is 1310 g/mol. The van der Waals surface area contributed by atoms with Gasteiger partial charge in [-0.05, 0) is 33.5 Å². The Morgan fingerprint density at radius 2 is 0.691 bits per heavy atom. The number of carbonyl (C=O) groups excluding carboxylic acids is 8. The molecule has 97 heavy (non-hydrogen) atoms. The second kappa shape index (κ2) is 47.6. The van der Waals surface area contributed by atoms with Crippen LogP contribution in [0, 0.1) is 0 Å². The van der Waals surface area contributed by atoms with Crippen molar-refractivity contribution in [3.8, 4) is 0 Å². The summed E-state index contributed by atoms with van der Waals surface area (Å²) in [5.41, 5.74) is 0. The van der Waals surface area contributed by atoms with Gasteiger partial charge in [0.05, 0.1) is 117 Å². The van der Waals surface area contributed by atoms with Crippen molar-refractivity contribution in [2.24, 2.45) is 0 Å². The molecule has 0 aromatic rings. The van der Waals surface area contributed by atoms with E-state index in [1.807, 2.05) is 0 Å². The zero-order valence-electron chi connectivity index (χ0n) is 56.0. The van der Waals surface area contributed by atoms with E-state index in [2.05, 4.69) is 5.32 Å². The van der Waals surface area contributed by atoms with Crippen LogP contribution < -0.4 is 5.32 Å². The zero-order valence-corrected chi connectivity index (χ0v) is 56.0. The molecule has 0 aliphatic rings. The van der Waals surface area contributed by atoms with Crippen LogP contribution in [0.25, 0.3) is 0 Å². The number of likely N-dealkylation sites (N-methyl/N-ethyl adjacent to an activating group) is 7. The number of amides is 8. The van der Waals surface area contributed by atoms with Gasteiger partial charge in [0.1, 0.15) is 98.1 Å². The highest BCUT2D eigenvalue weighted by Crippen LogP contribution is 2.17. The maximum atomic E-state index is 14.4. The minimum absolute atomic E-state index is 0.0217. The summed E-state index contributed by atoms with van der Waals surface area (Å²) in [5.74, 6) is -4.91. The smallest absolute Gasteiger partial charge is 0.410 e. The normalized spacial score (nSPS) is 17.1. The second-order valence-corrected chi connectivity index (χ2v) is 23.6. The number of aliphatic hydroxyl groups excluding tert-OH is 20. The number of carbonyl (C=O) groups is 8. The molecule has 0 heterocycles. The average molecular weight is 1420 g/mol. The van der Waals surface area contributed by atoms with Crippen molar-refractivity contribution < 1.29 is 155 Å². The third-order valence-electron chi connectivity index (χ3n) is 15.2. The summed E-state index contributed by atoms with van der Waals surface area (Å²) in [6.07, 6.45) is -34.3. The van der Waals surface area contributed by atoms with E-state index in [1.165, 1.54) is 47.2 Å². The summed E-state index contributed by atoms with van der Waals surface area (Å²) in [5, 5.41) is 203. The molecule has 0 fully saturated rings. The standard InChI is InChI=1S/C56H108N10O31/c1-58(2)23-42(80)60(4)25-44(82)62(6)27-46(84)64(8)32(10-9-12-65(18-33(71)47(85)51(89)37(75)28-67)19-34(72)48(86)52(90)38(76)29-68)55(93)63(7)26-45(83)61(5)24-43(81)59(3)22-41(79)57-11-13-95-14-15-96-16-17-97-56(94)66(20-35(73)49(87)53(91)39(77)30-69)21-36(74)50(88)54(92)40(78)31-70/h32-40,47-54,67-78,85-92H,9-31H2,1-8H3,(H,57,79)/t32?,33-,34-,35-,36-,37+,38+,39+,40+,47+,48+,49+,50+,51+,52+,53+,54+/m0/s1. The van der Waals surface area contributed by atoms with E-state index in [0.29, 0.717) is 4.90 Å². The second-order valence-electron chi connectivity index (χ2n) is 23.6. The molecule has 0 aromatic carbocycles. The quantitative estimate of drug-likeness (QED) is 0.0252. The monoisotopic (exact) mass is 1420 g/mol. The maximum Gasteiger partial charge on any atom is 0.410 e. The first-order valence-electron chi connectivity index (χ1n) is 30.7. The number of aliphatic hydroxyl groups is 20. The molecule has 41 heteroatoms. The first-order chi connectivity index (χ1) is 45.2. The largest absolute Gasteiger partial charge is 0.447 e. The van der Waals surface area contributed by atoms with Gasteiger partial charge in [-0.3, -0.25) is 38.5 Å². The van der Waals surface area contributed by atoms with Crippen LogP contribution in [0.5, 0.6) is 0 Å². The van der Waals surface area contributed by atoms with Gasteiger partial charge in [0.2, 0.25) is 41.4 Å². The van der Waals surface area contributed by atoms with Gasteiger partial charge < -0.3 is 161 Å². The lowest BCUT2D eigenvalue weighted by atomic mass is 10.0. The number of nitrogens with one attached hydrogen (secondary N) is 1. The molecule has 21 N–H and O–H groups in total. The fraction of sp³-hybridized carbons (Fsp3) is 0.857. The highest BCUT2D eigenvalue weighted by Gasteiger charge is 2.39. The Balaban J connectivity index is 5.90. The lowest BCUT2D eigenvalue weighted by Crippen LogP contribution is -2.54. The summed E-state index contributed by atoms with van der Waals surface area (Å²) in [7, 11) is 10.9. The fourth-order valence-corrected chi connectivity index (χ4v) is 8.81. The molecule has 0 spiro atoms. The lowest BCUT2D eigenvalue weighted by molar-refractivity contribution is -0.149. The van der Waals surface area contributed by atoms with E-state index < -0.39 is 243 Å². The van der Waals surface area contributed by atoms with Crippen LogP contribution in [0.3, 0.4) is 0 Å². The van der Waals surface area contributed by atoms with Crippen LogP contribution in [-0.4, -0.2) is 492 Å². The van der Waals surface area contributed by atoms with E-state index >= 15 is 0 Å². The molecule has 41 nitrogen and oxygen atoms in total. The Morgan fingerprint density at radius 3 is 1.07 bits per heavy atom. The minimum atomic E-state index is -2.16. The third kappa shape index (κ3) is 33.5. The van der Waals surface area contributed by atoms with E-state index in [1.54, 1.807) is 19.0 Å². The number of hydrogen-bond acceptors (Lipinski definition) is 33. The van der Waals surface area contributed by atoms with Crippen LogP contribution in [0.4, 0.5) is 4.79 Å². The zero-order chi connectivity index (χ0) is 74.7. The Morgan fingerprint density at radius 1 is 0.371 bits per heavy atom. The van der Waals surface area contributed by atoms with E-state index in [-0.39, 0.29) is 58.9 Å². The van der Waals surface area contributed by atoms with E-state index in [4.69, 9.17) is 24.4 Å².